The zero-order chi connectivity index (χ0) is 10.3. The van der Waals surface area contributed by atoms with Crippen LogP contribution in [-0.2, 0) is 13.9 Å². The minimum atomic E-state index is -1.21. The average Bonchev–Trinajstić information content (AvgIpc) is 2.14. The summed E-state index contributed by atoms with van der Waals surface area (Å²) in [4.78, 5) is 0. The zero-order valence-corrected chi connectivity index (χ0v) is 10.2. The standard InChI is InChI=1S/C8H21NO3Si/c1-8(10-2,11-3)12-13(4)7-5-6-9/h13H,5-7,9H2,1-4H3. The van der Waals surface area contributed by atoms with Crippen molar-refractivity contribution in [3.63, 3.8) is 0 Å². The predicted octanol–water partition coefficient (Wildman–Crippen LogP) is 0.672. The third-order valence-electron chi connectivity index (χ3n) is 1.97. The van der Waals surface area contributed by atoms with Gasteiger partial charge in [-0.05, 0) is 25.6 Å². The maximum absolute atomic E-state index is 5.68. The number of nitrogens with two attached hydrogens (primary N) is 1. The lowest BCUT2D eigenvalue weighted by Crippen LogP contribution is -2.38. The molecule has 4 nitrogen and oxygen atoms in total. The average molecular weight is 207 g/mol. The molecule has 0 bridgehead atoms. The first-order valence-corrected chi connectivity index (χ1v) is 7.00. The lowest BCUT2D eigenvalue weighted by molar-refractivity contribution is -0.312. The summed E-state index contributed by atoms with van der Waals surface area (Å²) in [7, 11) is 1.94. The molecule has 0 rings (SSSR count). The second kappa shape index (κ2) is 6.50. The molecule has 1 unspecified atom stereocenters. The summed E-state index contributed by atoms with van der Waals surface area (Å²) in [6.07, 6.45) is 1.01. The summed E-state index contributed by atoms with van der Waals surface area (Å²) in [5.41, 5.74) is 5.41. The van der Waals surface area contributed by atoms with Gasteiger partial charge < -0.3 is 19.6 Å². The van der Waals surface area contributed by atoms with E-state index in [1.165, 1.54) is 0 Å². The molecule has 13 heavy (non-hydrogen) atoms. The van der Waals surface area contributed by atoms with Gasteiger partial charge in [0.2, 0.25) is 0 Å². The van der Waals surface area contributed by atoms with Gasteiger partial charge >= 0.3 is 0 Å². The highest BCUT2D eigenvalue weighted by molar-refractivity contribution is 6.50. The molecule has 1 atom stereocenters. The van der Waals surface area contributed by atoms with Gasteiger partial charge in [-0.1, -0.05) is 0 Å². The van der Waals surface area contributed by atoms with Crippen LogP contribution in [0.25, 0.3) is 0 Å². The van der Waals surface area contributed by atoms with E-state index in [4.69, 9.17) is 19.6 Å². The van der Waals surface area contributed by atoms with Crippen molar-refractivity contribution in [2.24, 2.45) is 5.73 Å². The second-order valence-electron chi connectivity index (χ2n) is 3.13. The van der Waals surface area contributed by atoms with Crippen molar-refractivity contribution in [3.8, 4) is 0 Å². The fraction of sp³-hybridized carbons (Fsp3) is 1.00. The van der Waals surface area contributed by atoms with E-state index in [1.54, 1.807) is 21.1 Å². The Hall–Kier alpha value is 0.0569. The highest BCUT2D eigenvalue weighted by Crippen LogP contribution is 2.15. The minimum absolute atomic E-state index is 0.720. The van der Waals surface area contributed by atoms with Crippen LogP contribution in [0.15, 0.2) is 0 Å². The summed E-state index contributed by atoms with van der Waals surface area (Å²) in [5, 5.41) is 0. The number of rotatable bonds is 7. The van der Waals surface area contributed by atoms with Crippen LogP contribution in [0.5, 0.6) is 0 Å². The largest absolute Gasteiger partial charge is 0.373 e. The van der Waals surface area contributed by atoms with Gasteiger partial charge in [0.05, 0.1) is 0 Å². The Balaban J connectivity index is 3.79. The zero-order valence-electron chi connectivity index (χ0n) is 9.00. The molecule has 0 saturated carbocycles. The Bertz CT molecular complexity index is 131. The normalized spacial score (nSPS) is 14.5. The van der Waals surface area contributed by atoms with Crippen molar-refractivity contribution in [2.45, 2.75) is 31.9 Å². The van der Waals surface area contributed by atoms with Crippen LogP contribution in [0.4, 0.5) is 0 Å². The summed E-state index contributed by atoms with van der Waals surface area (Å²) in [5.74, 6) is -0.875. The van der Waals surface area contributed by atoms with E-state index >= 15 is 0 Å². The highest BCUT2D eigenvalue weighted by atomic mass is 28.3. The minimum Gasteiger partial charge on any atom is -0.373 e. The van der Waals surface area contributed by atoms with Crippen molar-refractivity contribution in [2.75, 3.05) is 20.8 Å². The molecule has 2 N–H and O–H groups in total. The number of ether oxygens (including phenoxy) is 2. The molecule has 0 amide bonds. The van der Waals surface area contributed by atoms with Gasteiger partial charge in [-0.2, -0.15) is 0 Å². The molecule has 0 aromatic carbocycles. The Labute approximate surface area is 82.1 Å². The van der Waals surface area contributed by atoms with Gasteiger partial charge in [0, 0.05) is 21.1 Å². The molecule has 0 aliphatic heterocycles. The van der Waals surface area contributed by atoms with Gasteiger partial charge in [-0.15, -0.1) is 0 Å². The molecule has 0 aromatic heterocycles. The van der Waals surface area contributed by atoms with E-state index in [1.807, 2.05) is 0 Å². The van der Waals surface area contributed by atoms with Gasteiger partial charge in [-0.3, -0.25) is 0 Å². The summed E-state index contributed by atoms with van der Waals surface area (Å²) in [6.45, 7) is 4.61. The van der Waals surface area contributed by atoms with Crippen LogP contribution in [0.1, 0.15) is 13.3 Å². The van der Waals surface area contributed by atoms with Gasteiger partial charge in [0.25, 0.3) is 5.97 Å². The third-order valence-corrected chi connectivity index (χ3v) is 4.02. The Morgan fingerprint density at radius 2 is 1.85 bits per heavy atom. The smallest absolute Gasteiger partial charge is 0.269 e. The molecular weight excluding hydrogens is 186 g/mol. The molecule has 80 valence electrons. The molecule has 0 heterocycles. The van der Waals surface area contributed by atoms with Crippen LogP contribution < -0.4 is 5.73 Å². The Kier molecular flexibility index (Phi) is 6.53. The highest BCUT2D eigenvalue weighted by Gasteiger charge is 2.26. The lowest BCUT2D eigenvalue weighted by Gasteiger charge is -2.29. The lowest BCUT2D eigenvalue weighted by atomic mass is 10.5. The van der Waals surface area contributed by atoms with E-state index in [9.17, 15) is 0 Å². The van der Waals surface area contributed by atoms with Crippen LogP contribution in [0.3, 0.4) is 0 Å². The van der Waals surface area contributed by atoms with Crippen molar-refractivity contribution >= 4 is 9.04 Å². The van der Waals surface area contributed by atoms with Crippen molar-refractivity contribution in [1.29, 1.82) is 0 Å². The van der Waals surface area contributed by atoms with E-state index < -0.39 is 15.0 Å². The second-order valence-corrected chi connectivity index (χ2v) is 5.56. The van der Waals surface area contributed by atoms with Gasteiger partial charge in [0.1, 0.15) is 0 Å². The fourth-order valence-electron chi connectivity index (χ4n) is 1.01. The first kappa shape index (κ1) is 13.1. The van der Waals surface area contributed by atoms with E-state index in [0.29, 0.717) is 0 Å². The molecule has 0 aliphatic rings. The van der Waals surface area contributed by atoms with E-state index in [2.05, 4.69) is 6.55 Å². The molecule has 0 aromatic rings. The van der Waals surface area contributed by atoms with E-state index in [-0.39, 0.29) is 0 Å². The maximum atomic E-state index is 5.68. The first-order chi connectivity index (χ1) is 6.08. The fourth-order valence-corrected chi connectivity index (χ4v) is 2.86. The van der Waals surface area contributed by atoms with Gasteiger partial charge in [0.15, 0.2) is 9.04 Å². The quantitative estimate of drug-likeness (QED) is 0.492. The predicted molar refractivity (Wildman–Crippen MR) is 55.0 cm³/mol. The van der Waals surface area contributed by atoms with Crippen molar-refractivity contribution in [1.82, 2.24) is 0 Å². The monoisotopic (exact) mass is 207 g/mol. The molecular formula is C8H21NO3Si. The third kappa shape index (κ3) is 5.38. The number of methoxy groups -OCH3 is 2. The van der Waals surface area contributed by atoms with Crippen molar-refractivity contribution < 1.29 is 13.9 Å². The molecule has 0 aliphatic carbocycles. The SMILES string of the molecule is COC(C)(OC)O[SiH](C)CCCN. The first-order valence-electron chi connectivity index (χ1n) is 4.56. The molecule has 0 saturated heterocycles. The van der Waals surface area contributed by atoms with Crippen LogP contribution in [0, 0.1) is 0 Å². The Morgan fingerprint density at radius 1 is 1.31 bits per heavy atom. The topological polar surface area (TPSA) is 53.7 Å². The summed E-state index contributed by atoms with van der Waals surface area (Å²) < 4.78 is 15.9. The van der Waals surface area contributed by atoms with Crippen LogP contribution >= 0.6 is 0 Å². The van der Waals surface area contributed by atoms with Crippen molar-refractivity contribution in [3.05, 3.63) is 0 Å². The summed E-state index contributed by atoms with van der Waals surface area (Å²) >= 11 is 0. The van der Waals surface area contributed by atoms with E-state index in [0.717, 1.165) is 19.0 Å². The molecule has 0 spiro atoms. The molecule has 0 radical (unpaired) electrons. The number of hydrogen-bond donors (Lipinski definition) is 1. The Morgan fingerprint density at radius 3 is 2.23 bits per heavy atom. The maximum Gasteiger partial charge on any atom is 0.269 e. The number of hydrogen-bond acceptors (Lipinski definition) is 4. The summed E-state index contributed by atoms with van der Waals surface area (Å²) in [6, 6.07) is 1.05. The van der Waals surface area contributed by atoms with Crippen LogP contribution in [0.2, 0.25) is 12.6 Å². The van der Waals surface area contributed by atoms with Gasteiger partial charge in [-0.25, -0.2) is 0 Å². The molecule has 0 fully saturated rings. The van der Waals surface area contributed by atoms with Crippen LogP contribution in [-0.4, -0.2) is 35.8 Å². The molecule has 5 heteroatoms.